The van der Waals surface area contributed by atoms with E-state index in [-0.39, 0.29) is 37.2 Å². The molecule has 3 rings (SSSR count). The molecular weight excluding hydrogens is 426 g/mol. The average molecular weight is 458 g/mol. The molecule has 0 radical (unpaired) electrons. The van der Waals surface area contributed by atoms with Crippen LogP contribution >= 0.6 is 0 Å². The lowest BCUT2D eigenvalue weighted by atomic mass is 9.85. The summed E-state index contributed by atoms with van der Waals surface area (Å²) in [7, 11) is 1.51. The van der Waals surface area contributed by atoms with Crippen LogP contribution < -0.4 is 10.1 Å². The van der Waals surface area contributed by atoms with Crippen molar-refractivity contribution in [3.05, 3.63) is 41.7 Å². The first-order chi connectivity index (χ1) is 15.5. The second-order valence-electron chi connectivity index (χ2n) is 9.34. The molecule has 1 saturated heterocycles. The number of Topliss-reactive ketones (excluding diaryl/α,β-unsaturated/α-hetero) is 1. The summed E-state index contributed by atoms with van der Waals surface area (Å²) < 4.78 is 7.23. The van der Waals surface area contributed by atoms with Gasteiger partial charge in [-0.05, 0) is 36.6 Å². The van der Waals surface area contributed by atoms with Gasteiger partial charge < -0.3 is 20.1 Å². The number of ketones is 1. The molecule has 1 aromatic heterocycles. The zero-order valence-corrected chi connectivity index (χ0v) is 19.6. The molecule has 1 aromatic carbocycles. The number of carbonyl (C=O) groups is 3. The van der Waals surface area contributed by atoms with Crippen LogP contribution in [0.3, 0.4) is 0 Å². The second kappa shape index (κ2) is 9.70. The Labute approximate surface area is 192 Å². The maximum atomic E-state index is 13.5. The van der Waals surface area contributed by atoms with E-state index >= 15 is 0 Å². The molecule has 2 heterocycles. The standard InChI is InChI=1S/C23H31N5O5/c1-14(29)15-6-8-18(9-7-15)33-13-16-11-28(26-25-16)20(23(2,3)4)22(32)27-12-17(30)10-19(27)21(31)24-5/h6-9,11,17,19-20,30H,10,12-13H2,1-5H3,(H,24,31)/t17?,19-,20?/m1/s1. The topological polar surface area (TPSA) is 127 Å². The zero-order chi connectivity index (χ0) is 24.3. The van der Waals surface area contributed by atoms with Crippen LogP contribution in [0, 0.1) is 5.41 Å². The molecule has 0 spiro atoms. The third kappa shape index (κ3) is 5.57. The van der Waals surface area contributed by atoms with E-state index in [0.717, 1.165) is 0 Å². The first-order valence-corrected chi connectivity index (χ1v) is 10.9. The van der Waals surface area contributed by atoms with Gasteiger partial charge in [-0.25, -0.2) is 4.68 Å². The average Bonchev–Trinajstić information content (AvgIpc) is 3.37. The number of β-amino-alcohol motifs (C(OH)–C–C–N with tert-alkyl or cyclic N) is 1. The van der Waals surface area contributed by atoms with Crippen LogP contribution in [-0.4, -0.2) is 68.3 Å². The lowest BCUT2D eigenvalue weighted by molar-refractivity contribution is -0.144. The third-order valence-corrected chi connectivity index (χ3v) is 5.64. The molecule has 10 heteroatoms. The monoisotopic (exact) mass is 457 g/mol. The lowest BCUT2D eigenvalue weighted by Gasteiger charge is -2.34. The Morgan fingerprint density at radius 3 is 2.48 bits per heavy atom. The molecule has 10 nitrogen and oxygen atoms in total. The van der Waals surface area contributed by atoms with Crippen molar-refractivity contribution in [3.63, 3.8) is 0 Å². The van der Waals surface area contributed by atoms with Crippen molar-refractivity contribution in [2.45, 2.75) is 58.9 Å². The largest absolute Gasteiger partial charge is 0.487 e. The number of nitrogens with one attached hydrogen (secondary N) is 1. The van der Waals surface area contributed by atoms with Crippen molar-refractivity contribution in [3.8, 4) is 5.75 Å². The minimum Gasteiger partial charge on any atom is -0.487 e. The summed E-state index contributed by atoms with van der Waals surface area (Å²) in [6.45, 7) is 7.45. The molecule has 1 aliphatic heterocycles. The van der Waals surface area contributed by atoms with Gasteiger partial charge in [-0.15, -0.1) is 5.10 Å². The molecule has 2 amide bonds. The van der Waals surface area contributed by atoms with Gasteiger partial charge in [0, 0.05) is 25.6 Å². The van der Waals surface area contributed by atoms with Crippen LogP contribution in [0.1, 0.15) is 56.2 Å². The number of aliphatic hydroxyl groups is 1. The number of ether oxygens (including phenoxy) is 1. The SMILES string of the molecule is CNC(=O)[C@H]1CC(O)CN1C(=O)C(n1cc(COc2ccc(C(C)=O)cc2)nn1)C(C)(C)C. The Balaban J connectivity index is 1.76. The minimum atomic E-state index is -0.758. The maximum Gasteiger partial charge on any atom is 0.248 e. The normalized spacial score (nSPS) is 19.3. The summed E-state index contributed by atoms with van der Waals surface area (Å²) in [6.07, 6.45) is 1.09. The minimum absolute atomic E-state index is 0.0217. The Bertz CT molecular complexity index is 1010. The molecule has 2 N–H and O–H groups in total. The first kappa shape index (κ1) is 24.4. The van der Waals surface area contributed by atoms with E-state index in [1.807, 2.05) is 20.8 Å². The van der Waals surface area contributed by atoms with Crippen molar-refractivity contribution in [2.75, 3.05) is 13.6 Å². The second-order valence-corrected chi connectivity index (χ2v) is 9.34. The Morgan fingerprint density at radius 2 is 1.91 bits per heavy atom. The highest BCUT2D eigenvalue weighted by Crippen LogP contribution is 2.34. The fraction of sp³-hybridized carbons (Fsp3) is 0.522. The van der Waals surface area contributed by atoms with E-state index in [9.17, 15) is 19.5 Å². The molecule has 0 saturated carbocycles. The van der Waals surface area contributed by atoms with Crippen LogP contribution in [0.4, 0.5) is 0 Å². The zero-order valence-electron chi connectivity index (χ0n) is 19.6. The van der Waals surface area contributed by atoms with Crippen molar-refractivity contribution in [2.24, 2.45) is 5.41 Å². The lowest BCUT2D eigenvalue weighted by Crippen LogP contribution is -2.49. The van der Waals surface area contributed by atoms with E-state index in [0.29, 0.717) is 17.0 Å². The van der Waals surface area contributed by atoms with Crippen molar-refractivity contribution >= 4 is 17.6 Å². The van der Waals surface area contributed by atoms with Crippen molar-refractivity contribution in [1.29, 1.82) is 0 Å². The van der Waals surface area contributed by atoms with Gasteiger partial charge in [0.05, 0.1) is 12.3 Å². The van der Waals surface area contributed by atoms with E-state index in [1.54, 1.807) is 30.5 Å². The van der Waals surface area contributed by atoms with E-state index in [1.165, 1.54) is 23.6 Å². The van der Waals surface area contributed by atoms with Crippen LogP contribution in [0.2, 0.25) is 0 Å². The Kier molecular flexibility index (Phi) is 7.16. The number of hydrogen-bond donors (Lipinski definition) is 2. The van der Waals surface area contributed by atoms with Gasteiger partial charge in [-0.1, -0.05) is 26.0 Å². The Morgan fingerprint density at radius 1 is 1.24 bits per heavy atom. The fourth-order valence-corrected chi connectivity index (χ4v) is 3.96. The molecule has 1 aliphatic rings. The predicted molar refractivity (Wildman–Crippen MR) is 119 cm³/mol. The van der Waals surface area contributed by atoms with Gasteiger partial charge in [0.1, 0.15) is 30.1 Å². The molecule has 2 unspecified atom stereocenters. The summed E-state index contributed by atoms with van der Waals surface area (Å²) in [5, 5.41) is 21.0. The van der Waals surface area contributed by atoms with Gasteiger partial charge in [-0.3, -0.25) is 14.4 Å². The number of carbonyl (C=O) groups excluding carboxylic acids is 3. The highest BCUT2D eigenvalue weighted by Gasteiger charge is 2.45. The van der Waals surface area contributed by atoms with Gasteiger partial charge in [0.2, 0.25) is 11.8 Å². The smallest absolute Gasteiger partial charge is 0.248 e. The van der Waals surface area contributed by atoms with Gasteiger partial charge in [0.25, 0.3) is 0 Å². The summed E-state index contributed by atoms with van der Waals surface area (Å²) >= 11 is 0. The number of aliphatic hydroxyl groups excluding tert-OH is 1. The van der Waals surface area contributed by atoms with Gasteiger partial charge in [-0.2, -0.15) is 0 Å². The molecule has 1 fully saturated rings. The van der Waals surface area contributed by atoms with E-state index in [2.05, 4.69) is 15.6 Å². The molecule has 33 heavy (non-hydrogen) atoms. The van der Waals surface area contributed by atoms with Crippen LogP contribution in [0.15, 0.2) is 30.5 Å². The number of likely N-dealkylation sites (N-methyl/N-ethyl adjacent to an activating group) is 1. The number of aromatic nitrogens is 3. The quantitative estimate of drug-likeness (QED) is 0.601. The molecule has 0 aliphatic carbocycles. The van der Waals surface area contributed by atoms with Crippen molar-refractivity contribution in [1.82, 2.24) is 25.2 Å². The fourth-order valence-electron chi connectivity index (χ4n) is 3.96. The van der Waals surface area contributed by atoms with E-state index < -0.39 is 23.6 Å². The van der Waals surface area contributed by atoms with Crippen molar-refractivity contribution < 1.29 is 24.2 Å². The summed E-state index contributed by atoms with van der Waals surface area (Å²) in [6, 6.07) is 5.34. The molecular formula is C23H31N5O5. The number of amides is 2. The molecule has 2 aromatic rings. The number of hydrogen-bond acceptors (Lipinski definition) is 7. The predicted octanol–water partition coefficient (Wildman–Crippen LogP) is 1.35. The van der Waals surface area contributed by atoms with Gasteiger partial charge >= 0.3 is 0 Å². The van der Waals surface area contributed by atoms with Gasteiger partial charge in [0.15, 0.2) is 5.78 Å². The summed E-state index contributed by atoms with van der Waals surface area (Å²) in [5.41, 5.74) is 0.588. The number of likely N-dealkylation sites (tertiary alicyclic amines) is 1. The van der Waals surface area contributed by atoms with Crippen LogP contribution in [-0.2, 0) is 16.2 Å². The highest BCUT2D eigenvalue weighted by molar-refractivity contribution is 5.94. The van der Waals surface area contributed by atoms with E-state index in [4.69, 9.17) is 4.74 Å². The van der Waals surface area contributed by atoms with Crippen LogP contribution in [0.5, 0.6) is 5.75 Å². The van der Waals surface area contributed by atoms with Crippen LogP contribution in [0.25, 0.3) is 0 Å². The number of rotatable bonds is 7. The molecule has 178 valence electrons. The number of nitrogens with zero attached hydrogens (tertiary/aromatic N) is 4. The first-order valence-electron chi connectivity index (χ1n) is 10.9. The third-order valence-electron chi connectivity index (χ3n) is 5.64. The number of benzene rings is 1. The summed E-state index contributed by atoms with van der Waals surface area (Å²) in [5.74, 6) is -0.0510. The highest BCUT2D eigenvalue weighted by atomic mass is 16.5. The molecule has 3 atom stereocenters. The maximum absolute atomic E-state index is 13.5. The molecule has 0 bridgehead atoms. The Hall–Kier alpha value is -3.27. The summed E-state index contributed by atoms with van der Waals surface area (Å²) in [4.78, 5) is 38.6.